The van der Waals surface area contributed by atoms with Gasteiger partial charge in [0.15, 0.2) is 5.58 Å². The maximum atomic E-state index is 12.8. The molecule has 26 heavy (non-hydrogen) atoms. The molecule has 0 aliphatic heterocycles. The minimum Gasteiger partial charge on any atom is -0.408 e. The fraction of sp³-hybridized carbons (Fsp3) is 0.111. The Kier molecular flexibility index (Phi) is 3.85. The van der Waals surface area contributed by atoms with Crippen LogP contribution in [0, 0.1) is 0 Å². The van der Waals surface area contributed by atoms with Gasteiger partial charge in [0.1, 0.15) is 6.04 Å². The number of carbonyl (C=O) groups is 1. The van der Waals surface area contributed by atoms with Gasteiger partial charge in [0, 0.05) is 0 Å². The molecule has 1 amide bonds. The number of amides is 1. The fourth-order valence-electron chi connectivity index (χ4n) is 2.82. The molecule has 4 rings (SSSR count). The zero-order valence-corrected chi connectivity index (χ0v) is 13.9. The van der Waals surface area contributed by atoms with E-state index in [1.54, 1.807) is 60.4 Å². The van der Waals surface area contributed by atoms with Crippen molar-refractivity contribution in [3.05, 3.63) is 71.5 Å². The third-order valence-electron chi connectivity index (χ3n) is 4.12. The molecule has 8 nitrogen and oxygen atoms in total. The number of oxazole rings is 1. The Bertz CT molecular complexity index is 1130. The molecule has 2 aromatic heterocycles. The number of rotatable bonds is 4. The molecule has 0 aliphatic carbocycles. The Morgan fingerprint density at radius 3 is 2.73 bits per heavy atom. The normalized spacial score (nSPS) is 12.2. The van der Waals surface area contributed by atoms with E-state index in [2.05, 4.69) is 15.6 Å². The second-order valence-corrected chi connectivity index (χ2v) is 5.74. The first-order chi connectivity index (χ1) is 12.6. The summed E-state index contributed by atoms with van der Waals surface area (Å²) in [7, 11) is 0. The molecule has 8 heteroatoms. The largest absolute Gasteiger partial charge is 0.420 e. The topological polar surface area (TPSA) is 95.0 Å². The average Bonchev–Trinajstić information content (AvgIpc) is 3.28. The predicted octanol–water partition coefficient (Wildman–Crippen LogP) is 2.37. The Labute approximate surface area is 147 Å². The number of hydrogen-bond donors (Lipinski definition) is 1. The molecule has 0 unspecified atom stereocenters. The molecule has 2 heterocycles. The summed E-state index contributed by atoms with van der Waals surface area (Å²) in [5, 5.41) is 10.6. The maximum Gasteiger partial charge on any atom is 0.420 e. The number of nitrogens with one attached hydrogen (secondary N) is 1. The summed E-state index contributed by atoms with van der Waals surface area (Å²) in [6.07, 6.45) is 3.24. The van der Waals surface area contributed by atoms with E-state index in [0.29, 0.717) is 22.5 Å². The molecule has 130 valence electrons. The van der Waals surface area contributed by atoms with Crippen LogP contribution in [0.3, 0.4) is 0 Å². The van der Waals surface area contributed by atoms with Crippen molar-refractivity contribution in [2.24, 2.45) is 0 Å². The van der Waals surface area contributed by atoms with Crippen LogP contribution in [0.25, 0.3) is 16.8 Å². The summed E-state index contributed by atoms with van der Waals surface area (Å²) in [6, 6.07) is 13.5. The van der Waals surface area contributed by atoms with E-state index in [1.807, 2.05) is 12.1 Å². The van der Waals surface area contributed by atoms with Crippen LogP contribution in [-0.2, 0) is 4.79 Å². The van der Waals surface area contributed by atoms with E-state index in [1.165, 1.54) is 4.57 Å². The summed E-state index contributed by atoms with van der Waals surface area (Å²) in [6.45, 7) is 1.65. The highest BCUT2D eigenvalue weighted by molar-refractivity contribution is 5.96. The Morgan fingerprint density at radius 2 is 1.92 bits per heavy atom. The third-order valence-corrected chi connectivity index (χ3v) is 4.12. The van der Waals surface area contributed by atoms with Crippen molar-refractivity contribution in [1.29, 1.82) is 0 Å². The molecule has 1 atom stereocenters. The lowest BCUT2D eigenvalue weighted by Gasteiger charge is -2.15. The molecule has 2 aromatic carbocycles. The number of aromatic nitrogens is 4. The standard InChI is InChI=1S/C18H15N5O3/c1-12(23-15-8-4-5-9-16(15)26-18(23)25)17(24)20-13-6-2-3-7-14(13)22-11-10-19-21-22/h2-12H,1H3,(H,20,24)/t12-/m1/s1. The van der Waals surface area contributed by atoms with Gasteiger partial charge < -0.3 is 9.73 Å². The van der Waals surface area contributed by atoms with E-state index in [4.69, 9.17) is 4.42 Å². The molecule has 0 spiro atoms. The first-order valence-corrected chi connectivity index (χ1v) is 8.02. The van der Waals surface area contributed by atoms with Crippen LogP contribution in [0.5, 0.6) is 0 Å². The Balaban J connectivity index is 1.67. The highest BCUT2D eigenvalue weighted by Crippen LogP contribution is 2.22. The molecule has 0 aliphatic rings. The lowest BCUT2D eigenvalue weighted by atomic mass is 10.2. The number of para-hydroxylation sites is 4. The summed E-state index contributed by atoms with van der Waals surface area (Å²) < 4.78 is 8.10. The number of carbonyl (C=O) groups excluding carboxylic acids is 1. The minimum atomic E-state index is -0.755. The van der Waals surface area contributed by atoms with E-state index in [0.717, 1.165) is 0 Å². The van der Waals surface area contributed by atoms with Crippen molar-refractivity contribution in [1.82, 2.24) is 19.6 Å². The second-order valence-electron chi connectivity index (χ2n) is 5.74. The number of benzene rings is 2. The van der Waals surface area contributed by atoms with E-state index >= 15 is 0 Å². The number of hydrogen-bond acceptors (Lipinski definition) is 5. The molecule has 0 saturated carbocycles. The number of nitrogens with zero attached hydrogens (tertiary/aromatic N) is 4. The first-order valence-electron chi connectivity index (χ1n) is 8.02. The molecule has 0 fully saturated rings. The second kappa shape index (κ2) is 6.32. The predicted molar refractivity (Wildman–Crippen MR) is 95.2 cm³/mol. The number of fused-ring (bicyclic) bond motifs is 1. The Morgan fingerprint density at radius 1 is 1.15 bits per heavy atom. The van der Waals surface area contributed by atoms with Crippen molar-refractivity contribution < 1.29 is 9.21 Å². The van der Waals surface area contributed by atoms with Crippen LogP contribution in [0.15, 0.2) is 70.1 Å². The lowest BCUT2D eigenvalue weighted by Crippen LogP contribution is -2.29. The average molecular weight is 349 g/mol. The van der Waals surface area contributed by atoms with Crippen molar-refractivity contribution >= 4 is 22.7 Å². The zero-order valence-electron chi connectivity index (χ0n) is 13.9. The molecule has 4 aromatic rings. The molecule has 0 radical (unpaired) electrons. The van der Waals surface area contributed by atoms with Crippen LogP contribution in [-0.4, -0.2) is 25.5 Å². The third kappa shape index (κ3) is 2.67. The van der Waals surface area contributed by atoms with Gasteiger partial charge in [-0.3, -0.25) is 9.36 Å². The van der Waals surface area contributed by atoms with Gasteiger partial charge in [0.2, 0.25) is 5.91 Å². The summed E-state index contributed by atoms with van der Waals surface area (Å²) in [4.78, 5) is 25.0. The molecule has 1 N–H and O–H groups in total. The van der Waals surface area contributed by atoms with Gasteiger partial charge in [-0.05, 0) is 31.2 Å². The van der Waals surface area contributed by atoms with Crippen LogP contribution in [0.4, 0.5) is 5.69 Å². The van der Waals surface area contributed by atoms with Gasteiger partial charge in [0.25, 0.3) is 0 Å². The van der Waals surface area contributed by atoms with E-state index in [9.17, 15) is 9.59 Å². The smallest absolute Gasteiger partial charge is 0.408 e. The highest BCUT2D eigenvalue weighted by atomic mass is 16.4. The fourth-order valence-corrected chi connectivity index (χ4v) is 2.82. The molecular weight excluding hydrogens is 334 g/mol. The van der Waals surface area contributed by atoms with Crippen molar-refractivity contribution in [3.63, 3.8) is 0 Å². The van der Waals surface area contributed by atoms with Crippen LogP contribution in [0.1, 0.15) is 13.0 Å². The quantitative estimate of drug-likeness (QED) is 0.610. The summed E-state index contributed by atoms with van der Waals surface area (Å²) in [5.41, 5.74) is 2.26. The first kappa shape index (κ1) is 15.8. The number of anilines is 1. The van der Waals surface area contributed by atoms with Crippen LogP contribution in [0.2, 0.25) is 0 Å². The summed E-state index contributed by atoms with van der Waals surface area (Å²) in [5.74, 6) is -0.912. The molecular formula is C18H15N5O3. The summed E-state index contributed by atoms with van der Waals surface area (Å²) >= 11 is 0. The Hall–Kier alpha value is -3.68. The highest BCUT2D eigenvalue weighted by Gasteiger charge is 2.22. The van der Waals surface area contributed by atoms with Gasteiger partial charge in [-0.1, -0.05) is 29.5 Å². The van der Waals surface area contributed by atoms with Gasteiger partial charge in [-0.25, -0.2) is 9.48 Å². The zero-order chi connectivity index (χ0) is 18.1. The van der Waals surface area contributed by atoms with Crippen molar-refractivity contribution in [3.8, 4) is 5.69 Å². The van der Waals surface area contributed by atoms with E-state index in [-0.39, 0.29) is 5.91 Å². The monoisotopic (exact) mass is 349 g/mol. The minimum absolute atomic E-state index is 0.341. The van der Waals surface area contributed by atoms with Crippen molar-refractivity contribution in [2.75, 3.05) is 5.32 Å². The molecule has 0 bridgehead atoms. The molecule has 0 saturated heterocycles. The maximum absolute atomic E-state index is 12.8. The van der Waals surface area contributed by atoms with Gasteiger partial charge in [0.05, 0.1) is 29.3 Å². The SMILES string of the molecule is C[C@H](C(=O)Nc1ccccc1-n1ccnn1)n1c(=O)oc2ccccc21. The van der Waals surface area contributed by atoms with Gasteiger partial charge >= 0.3 is 5.76 Å². The van der Waals surface area contributed by atoms with Crippen molar-refractivity contribution in [2.45, 2.75) is 13.0 Å². The van der Waals surface area contributed by atoms with Crippen LogP contribution >= 0.6 is 0 Å². The van der Waals surface area contributed by atoms with Gasteiger partial charge in [-0.15, -0.1) is 5.10 Å². The van der Waals surface area contributed by atoms with Crippen LogP contribution < -0.4 is 11.1 Å². The lowest BCUT2D eigenvalue weighted by molar-refractivity contribution is -0.118. The van der Waals surface area contributed by atoms with E-state index < -0.39 is 11.8 Å². The van der Waals surface area contributed by atoms with Gasteiger partial charge in [-0.2, -0.15) is 0 Å².